The lowest BCUT2D eigenvalue weighted by atomic mass is 10.0. The molecule has 0 aliphatic carbocycles. The van der Waals surface area contributed by atoms with Gasteiger partial charge in [0, 0.05) is 13.1 Å². The van der Waals surface area contributed by atoms with Crippen LogP contribution in [0.1, 0.15) is 41.8 Å². The monoisotopic (exact) mass is 370 g/mol. The second kappa shape index (κ2) is 9.19. The van der Waals surface area contributed by atoms with Gasteiger partial charge < -0.3 is 20.4 Å². The van der Waals surface area contributed by atoms with Gasteiger partial charge in [-0.15, -0.1) is 0 Å². The minimum absolute atomic E-state index is 0.203. The van der Waals surface area contributed by atoms with Crippen LogP contribution in [-0.2, 0) is 13.1 Å². The SMILES string of the molecule is CCC(C)(O)CN(Cc1ccccc1)C(=O)NCc1ccc(C(=O)O)cc1. The number of hydrogen-bond acceptors (Lipinski definition) is 3. The van der Waals surface area contributed by atoms with Gasteiger partial charge in [-0.1, -0.05) is 49.4 Å². The number of carbonyl (C=O) groups excluding carboxylic acids is 1. The van der Waals surface area contributed by atoms with Gasteiger partial charge in [0.1, 0.15) is 0 Å². The van der Waals surface area contributed by atoms with Crippen LogP contribution in [-0.4, -0.2) is 39.3 Å². The molecule has 2 aromatic rings. The van der Waals surface area contributed by atoms with Crippen molar-refractivity contribution < 1.29 is 19.8 Å². The molecule has 1 unspecified atom stereocenters. The average Bonchev–Trinajstić information content (AvgIpc) is 2.66. The van der Waals surface area contributed by atoms with Crippen LogP contribution >= 0.6 is 0 Å². The Balaban J connectivity index is 2.04. The van der Waals surface area contributed by atoms with E-state index in [1.54, 1.807) is 24.0 Å². The van der Waals surface area contributed by atoms with Gasteiger partial charge in [0.25, 0.3) is 0 Å². The number of hydrogen-bond donors (Lipinski definition) is 3. The Labute approximate surface area is 159 Å². The summed E-state index contributed by atoms with van der Waals surface area (Å²) in [5, 5.41) is 22.2. The van der Waals surface area contributed by atoms with Gasteiger partial charge in [-0.25, -0.2) is 9.59 Å². The molecule has 27 heavy (non-hydrogen) atoms. The van der Waals surface area contributed by atoms with Crippen molar-refractivity contribution in [2.24, 2.45) is 0 Å². The van der Waals surface area contributed by atoms with Gasteiger partial charge in [-0.3, -0.25) is 0 Å². The van der Waals surface area contributed by atoms with Crippen molar-refractivity contribution >= 4 is 12.0 Å². The van der Waals surface area contributed by atoms with E-state index >= 15 is 0 Å². The minimum atomic E-state index is -0.985. The van der Waals surface area contributed by atoms with Gasteiger partial charge in [-0.2, -0.15) is 0 Å². The number of aliphatic hydroxyl groups is 1. The van der Waals surface area contributed by atoms with Crippen molar-refractivity contribution in [3.63, 3.8) is 0 Å². The van der Waals surface area contributed by atoms with Crippen molar-refractivity contribution in [2.45, 2.75) is 39.0 Å². The van der Waals surface area contributed by atoms with Crippen LogP contribution in [0.3, 0.4) is 0 Å². The van der Waals surface area contributed by atoms with E-state index in [4.69, 9.17) is 5.11 Å². The number of rotatable bonds is 8. The van der Waals surface area contributed by atoms with Crippen LogP contribution in [0.2, 0.25) is 0 Å². The molecule has 2 amide bonds. The Morgan fingerprint density at radius 3 is 2.22 bits per heavy atom. The molecule has 0 bridgehead atoms. The molecule has 0 heterocycles. The Bertz CT molecular complexity index is 758. The lowest BCUT2D eigenvalue weighted by molar-refractivity contribution is 0.0246. The van der Waals surface area contributed by atoms with E-state index in [0.717, 1.165) is 11.1 Å². The predicted molar refractivity (Wildman–Crippen MR) is 103 cm³/mol. The quantitative estimate of drug-likeness (QED) is 0.665. The molecule has 0 radical (unpaired) electrons. The van der Waals surface area contributed by atoms with Crippen LogP contribution < -0.4 is 5.32 Å². The number of urea groups is 1. The Kier molecular flexibility index (Phi) is 6.96. The number of carboxylic acid groups (broad SMARTS) is 1. The van der Waals surface area contributed by atoms with Crippen LogP contribution in [0.25, 0.3) is 0 Å². The van der Waals surface area contributed by atoms with Crippen LogP contribution in [0.15, 0.2) is 54.6 Å². The Morgan fingerprint density at radius 1 is 1.04 bits per heavy atom. The molecule has 0 fully saturated rings. The first-order valence-corrected chi connectivity index (χ1v) is 8.92. The normalized spacial score (nSPS) is 12.9. The van der Waals surface area contributed by atoms with Crippen molar-refractivity contribution in [3.05, 3.63) is 71.3 Å². The second-order valence-electron chi connectivity index (χ2n) is 6.85. The predicted octanol–water partition coefficient (Wildman–Crippen LogP) is 3.26. The molecule has 0 aliphatic heterocycles. The molecule has 1 atom stereocenters. The molecule has 144 valence electrons. The number of carboxylic acids is 1. The summed E-state index contributed by atoms with van der Waals surface area (Å²) in [5.74, 6) is -0.985. The number of nitrogens with one attached hydrogen (secondary N) is 1. The molecule has 0 spiro atoms. The Hall–Kier alpha value is -2.86. The molecule has 6 nitrogen and oxygen atoms in total. The van der Waals surface area contributed by atoms with E-state index in [9.17, 15) is 14.7 Å². The third-order valence-electron chi connectivity index (χ3n) is 4.44. The molecule has 0 saturated carbocycles. The molecule has 2 aromatic carbocycles. The zero-order chi connectivity index (χ0) is 19.9. The maximum Gasteiger partial charge on any atom is 0.335 e. The molecule has 3 N–H and O–H groups in total. The third kappa shape index (κ3) is 6.42. The van der Waals surface area contributed by atoms with E-state index in [2.05, 4.69) is 5.32 Å². The molecule has 0 aliphatic rings. The fourth-order valence-corrected chi connectivity index (χ4v) is 2.58. The zero-order valence-electron chi connectivity index (χ0n) is 15.7. The average molecular weight is 370 g/mol. The smallest absolute Gasteiger partial charge is 0.335 e. The van der Waals surface area contributed by atoms with Gasteiger partial charge >= 0.3 is 12.0 Å². The highest BCUT2D eigenvalue weighted by Gasteiger charge is 2.25. The van der Waals surface area contributed by atoms with Crippen molar-refractivity contribution in [1.82, 2.24) is 10.2 Å². The molecule has 0 aromatic heterocycles. The van der Waals surface area contributed by atoms with E-state index in [1.807, 2.05) is 37.3 Å². The lowest BCUT2D eigenvalue weighted by Crippen LogP contribution is -2.47. The maximum atomic E-state index is 12.7. The number of carbonyl (C=O) groups is 2. The van der Waals surface area contributed by atoms with E-state index in [0.29, 0.717) is 13.0 Å². The summed E-state index contributed by atoms with van der Waals surface area (Å²) in [6.07, 6.45) is 0.530. The summed E-state index contributed by atoms with van der Waals surface area (Å²) in [6.45, 7) is 4.47. The van der Waals surface area contributed by atoms with Gasteiger partial charge in [0.15, 0.2) is 0 Å². The highest BCUT2D eigenvalue weighted by atomic mass is 16.4. The molecule has 6 heteroatoms. The minimum Gasteiger partial charge on any atom is -0.478 e. The lowest BCUT2D eigenvalue weighted by Gasteiger charge is -2.31. The van der Waals surface area contributed by atoms with E-state index < -0.39 is 11.6 Å². The number of aromatic carboxylic acids is 1. The molecule has 2 rings (SSSR count). The standard InChI is InChI=1S/C21H26N2O4/c1-3-21(2,27)15-23(14-17-7-5-4-6-8-17)20(26)22-13-16-9-11-18(12-10-16)19(24)25/h4-12,27H,3,13-15H2,1-2H3,(H,22,26)(H,24,25). The first-order chi connectivity index (χ1) is 12.8. The van der Waals surface area contributed by atoms with Crippen LogP contribution in [0.4, 0.5) is 4.79 Å². The fourth-order valence-electron chi connectivity index (χ4n) is 2.58. The first kappa shape index (κ1) is 20.5. The summed E-state index contributed by atoms with van der Waals surface area (Å²) in [4.78, 5) is 25.2. The molecular weight excluding hydrogens is 344 g/mol. The first-order valence-electron chi connectivity index (χ1n) is 8.92. The van der Waals surface area contributed by atoms with Crippen molar-refractivity contribution in [1.29, 1.82) is 0 Å². The highest BCUT2D eigenvalue weighted by molar-refractivity contribution is 5.87. The van der Waals surface area contributed by atoms with Gasteiger partial charge in [0.05, 0.1) is 17.7 Å². The summed E-state index contributed by atoms with van der Waals surface area (Å²) in [5.41, 5.74) is 1.00. The second-order valence-corrected chi connectivity index (χ2v) is 6.85. The molecule has 0 saturated heterocycles. The zero-order valence-corrected chi connectivity index (χ0v) is 15.7. The van der Waals surface area contributed by atoms with Crippen molar-refractivity contribution in [2.75, 3.05) is 6.54 Å². The largest absolute Gasteiger partial charge is 0.478 e. The fraction of sp³-hybridized carbons (Fsp3) is 0.333. The van der Waals surface area contributed by atoms with Gasteiger partial charge in [0.2, 0.25) is 0 Å². The Morgan fingerprint density at radius 2 is 1.67 bits per heavy atom. The highest BCUT2D eigenvalue weighted by Crippen LogP contribution is 2.14. The van der Waals surface area contributed by atoms with Gasteiger partial charge in [-0.05, 0) is 36.6 Å². The van der Waals surface area contributed by atoms with Crippen LogP contribution in [0, 0.1) is 0 Å². The summed E-state index contributed by atoms with van der Waals surface area (Å²) in [7, 11) is 0. The number of amides is 2. The van der Waals surface area contributed by atoms with Crippen molar-refractivity contribution in [3.8, 4) is 0 Å². The topological polar surface area (TPSA) is 89.9 Å². The van der Waals surface area contributed by atoms with Crippen LogP contribution in [0.5, 0.6) is 0 Å². The van der Waals surface area contributed by atoms with E-state index in [-0.39, 0.29) is 24.7 Å². The summed E-state index contributed by atoms with van der Waals surface area (Å²) >= 11 is 0. The third-order valence-corrected chi connectivity index (χ3v) is 4.44. The summed E-state index contributed by atoms with van der Waals surface area (Å²) in [6, 6.07) is 15.7. The maximum absolute atomic E-state index is 12.7. The summed E-state index contributed by atoms with van der Waals surface area (Å²) < 4.78 is 0. The number of benzene rings is 2. The van der Waals surface area contributed by atoms with E-state index in [1.165, 1.54) is 12.1 Å². The number of nitrogens with zero attached hydrogens (tertiary/aromatic N) is 1. The molecular formula is C21H26N2O4.